The predicted octanol–water partition coefficient (Wildman–Crippen LogP) is 1.77. The van der Waals surface area contributed by atoms with Crippen molar-refractivity contribution in [3.05, 3.63) is 38.9 Å². The second-order valence-electron chi connectivity index (χ2n) is 4.41. The van der Waals surface area contributed by atoms with Crippen LogP contribution in [0.1, 0.15) is 12.5 Å². The molecule has 1 unspecified atom stereocenters. The lowest BCUT2D eigenvalue weighted by molar-refractivity contribution is -0.384. The van der Waals surface area contributed by atoms with E-state index in [1.54, 1.807) is 6.92 Å². The van der Waals surface area contributed by atoms with Crippen LogP contribution >= 0.6 is 11.6 Å². The molecule has 1 N–H and O–H groups in total. The highest BCUT2D eigenvalue weighted by Crippen LogP contribution is 2.21. The van der Waals surface area contributed by atoms with Crippen molar-refractivity contribution in [2.75, 3.05) is 12.0 Å². The number of nitrogens with one attached hydrogen (secondary N) is 1. The van der Waals surface area contributed by atoms with E-state index in [9.17, 15) is 18.5 Å². The van der Waals surface area contributed by atoms with Crippen molar-refractivity contribution < 1.29 is 13.3 Å². The highest BCUT2D eigenvalue weighted by Gasteiger charge is 2.13. The number of sulfone groups is 1. The summed E-state index contributed by atoms with van der Waals surface area (Å²) in [6.07, 6.45) is 1.16. The smallest absolute Gasteiger partial charge is 0.269 e. The zero-order valence-electron chi connectivity index (χ0n) is 10.6. The Labute approximate surface area is 116 Å². The topological polar surface area (TPSA) is 89.3 Å². The lowest BCUT2D eigenvalue weighted by atomic mass is 10.2. The molecule has 0 bridgehead atoms. The van der Waals surface area contributed by atoms with E-state index in [1.165, 1.54) is 18.2 Å². The fourth-order valence-electron chi connectivity index (χ4n) is 1.61. The van der Waals surface area contributed by atoms with Crippen LogP contribution in [0.5, 0.6) is 0 Å². The average Bonchev–Trinajstić information content (AvgIpc) is 2.25. The fourth-order valence-corrected chi connectivity index (χ4v) is 2.82. The number of nitrogens with zero attached hydrogens (tertiary/aromatic N) is 1. The molecule has 0 saturated heterocycles. The SMILES string of the molecule is CC(CS(C)(=O)=O)NCc1cc([N+](=O)[O-])ccc1Cl. The van der Waals surface area contributed by atoms with Crippen molar-refractivity contribution in [1.82, 2.24) is 5.32 Å². The van der Waals surface area contributed by atoms with E-state index < -0.39 is 14.8 Å². The number of benzene rings is 1. The summed E-state index contributed by atoms with van der Waals surface area (Å²) in [5.74, 6) is -0.000451. The molecule has 106 valence electrons. The summed E-state index contributed by atoms with van der Waals surface area (Å²) in [5, 5.41) is 14.0. The lowest BCUT2D eigenvalue weighted by Gasteiger charge is -2.13. The van der Waals surface area contributed by atoms with Crippen LogP contribution in [0.2, 0.25) is 5.02 Å². The first-order chi connectivity index (χ1) is 8.69. The number of non-ortho nitro benzene ring substituents is 1. The second kappa shape index (κ2) is 6.31. The van der Waals surface area contributed by atoms with Crippen molar-refractivity contribution in [2.24, 2.45) is 0 Å². The molecule has 0 amide bonds. The number of rotatable bonds is 6. The van der Waals surface area contributed by atoms with Gasteiger partial charge in [-0.1, -0.05) is 11.6 Å². The third kappa shape index (κ3) is 5.54. The molecule has 1 atom stereocenters. The molecule has 19 heavy (non-hydrogen) atoms. The summed E-state index contributed by atoms with van der Waals surface area (Å²) in [5.41, 5.74) is 0.521. The van der Waals surface area contributed by atoms with Gasteiger partial charge >= 0.3 is 0 Å². The Morgan fingerprint density at radius 2 is 2.11 bits per heavy atom. The Morgan fingerprint density at radius 3 is 2.63 bits per heavy atom. The molecular weight excluding hydrogens is 292 g/mol. The van der Waals surface area contributed by atoms with Gasteiger partial charge in [0.05, 0.1) is 10.7 Å². The van der Waals surface area contributed by atoms with Gasteiger partial charge in [0, 0.05) is 36.0 Å². The van der Waals surface area contributed by atoms with E-state index in [0.717, 1.165) is 6.26 Å². The zero-order valence-corrected chi connectivity index (χ0v) is 12.2. The molecule has 1 rings (SSSR count). The summed E-state index contributed by atoms with van der Waals surface area (Å²) in [6.45, 7) is 2.00. The van der Waals surface area contributed by atoms with Gasteiger partial charge in [-0.3, -0.25) is 10.1 Å². The van der Waals surface area contributed by atoms with Gasteiger partial charge < -0.3 is 5.32 Å². The normalized spacial score (nSPS) is 13.2. The molecule has 0 saturated carbocycles. The van der Waals surface area contributed by atoms with Crippen molar-refractivity contribution in [3.8, 4) is 0 Å². The van der Waals surface area contributed by atoms with Gasteiger partial charge in [0.2, 0.25) is 0 Å². The molecule has 0 aliphatic carbocycles. The molecule has 8 heteroatoms. The highest BCUT2D eigenvalue weighted by molar-refractivity contribution is 7.90. The summed E-state index contributed by atoms with van der Waals surface area (Å²) in [7, 11) is -3.06. The fraction of sp³-hybridized carbons (Fsp3) is 0.455. The van der Waals surface area contributed by atoms with Gasteiger partial charge in [-0.25, -0.2) is 8.42 Å². The number of nitro benzene ring substituents is 1. The minimum atomic E-state index is -3.06. The maximum atomic E-state index is 11.1. The van der Waals surface area contributed by atoms with Crippen LogP contribution in [-0.4, -0.2) is 31.4 Å². The lowest BCUT2D eigenvalue weighted by Crippen LogP contribution is -2.32. The molecule has 0 radical (unpaired) electrons. The van der Waals surface area contributed by atoms with Crippen LogP contribution in [0.4, 0.5) is 5.69 Å². The average molecular weight is 307 g/mol. The summed E-state index contributed by atoms with van der Waals surface area (Å²) < 4.78 is 22.2. The highest BCUT2D eigenvalue weighted by atomic mass is 35.5. The van der Waals surface area contributed by atoms with Gasteiger partial charge in [-0.05, 0) is 18.6 Å². The van der Waals surface area contributed by atoms with Crippen molar-refractivity contribution >= 4 is 27.1 Å². The van der Waals surface area contributed by atoms with Crippen LogP contribution in [0.15, 0.2) is 18.2 Å². The molecule has 0 fully saturated rings. The first-order valence-electron chi connectivity index (χ1n) is 5.53. The molecule has 0 heterocycles. The maximum Gasteiger partial charge on any atom is 0.269 e. The number of nitro groups is 1. The Hall–Kier alpha value is -1.18. The van der Waals surface area contributed by atoms with Crippen molar-refractivity contribution in [1.29, 1.82) is 0 Å². The van der Waals surface area contributed by atoms with Gasteiger partial charge in [-0.15, -0.1) is 0 Å². The van der Waals surface area contributed by atoms with Crippen molar-refractivity contribution in [3.63, 3.8) is 0 Å². The number of halogens is 1. The summed E-state index contributed by atoms with van der Waals surface area (Å²) >= 11 is 5.94. The van der Waals surface area contributed by atoms with E-state index in [4.69, 9.17) is 11.6 Å². The second-order valence-corrected chi connectivity index (χ2v) is 7.00. The third-order valence-corrected chi connectivity index (χ3v) is 3.91. The van der Waals surface area contributed by atoms with E-state index in [2.05, 4.69) is 5.32 Å². The molecule has 1 aromatic carbocycles. The Bertz CT molecular complexity index is 574. The van der Waals surface area contributed by atoms with E-state index in [-0.39, 0.29) is 24.0 Å². The standard InChI is InChI=1S/C11H15ClN2O4S/c1-8(7-19(2,17)18)13-6-9-5-10(14(15)16)3-4-11(9)12/h3-5,8,13H,6-7H2,1-2H3. The molecule has 0 aromatic heterocycles. The summed E-state index contributed by atoms with van der Waals surface area (Å²) in [4.78, 5) is 10.2. The minimum absolute atomic E-state index is 0.000451. The third-order valence-electron chi connectivity index (χ3n) is 2.43. The largest absolute Gasteiger partial charge is 0.309 e. The van der Waals surface area contributed by atoms with E-state index in [0.29, 0.717) is 10.6 Å². The molecule has 6 nitrogen and oxygen atoms in total. The van der Waals surface area contributed by atoms with Gasteiger partial charge in [0.1, 0.15) is 9.84 Å². The predicted molar refractivity (Wildman–Crippen MR) is 74.1 cm³/mol. The van der Waals surface area contributed by atoms with Crippen LogP contribution in [0, 0.1) is 10.1 Å². The quantitative estimate of drug-likeness (QED) is 0.639. The van der Waals surface area contributed by atoms with E-state index >= 15 is 0 Å². The first-order valence-corrected chi connectivity index (χ1v) is 7.97. The molecule has 1 aromatic rings. The van der Waals surface area contributed by atoms with Gasteiger partial charge in [-0.2, -0.15) is 0 Å². The van der Waals surface area contributed by atoms with Crippen LogP contribution in [0.3, 0.4) is 0 Å². The number of hydrogen-bond donors (Lipinski definition) is 1. The first kappa shape index (κ1) is 15.9. The minimum Gasteiger partial charge on any atom is -0.309 e. The summed E-state index contributed by atoms with van der Waals surface area (Å²) in [6, 6.07) is 3.90. The molecule has 0 aliphatic rings. The van der Waals surface area contributed by atoms with Crippen LogP contribution < -0.4 is 5.32 Å². The Kier molecular flexibility index (Phi) is 5.28. The van der Waals surface area contributed by atoms with Crippen LogP contribution in [-0.2, 0) is 16.4 Å². The van der Waals surface area contributed by atoms with Crippen molar-refractivity contribution in [2.45, 2.75) is 19.5 Å². The Morgan fingerprint density at radius 1 is 1.47 bits per heavy atom. The zero-order chi connectivity index (χ0) is 14.6. The molecule has 0 spiro atoms. The van der Waals surface area contributed by atoms with Gasteiger partial charge in [0.25, 0.3) is 5.69 Å². The van der Waals surface area contributed by atoms with E-state index in [1.807, 2.05) is 0 Å². The van der Waals surface area contributed by atoms with Gasteiger partial charge in [0.15, 0.2) is 0 Å². The molecule has 0 aliphatic heterocycles. The maximum absolute atomic E-state index is 11.1. The Balaban J connectivity index is 2.72. The number of hydrogen-bond acceptors (Lipinski definition) is 5. The van der Waals surface area contributed by atoms with Crippen LogP contribution in [0.25, 0.3) is 0 Å². The molecular formula is C11H15ClN2O4S. The monoisotopic (exact) mass is 306 g/mol.